The number of carbonyl (C=O) groups is 1. The summed E-state index contributed by atoms with van der Waals surface area (Å²) in [5.41, 5.74) is -0.266. The minimum atomic E-state index is -0.277. The van der Waals surface area contributed by atoms with Gasteiger partial charge in [-0.1, -0.05) is 64.1 Å². The molecule has 2 aliphatic carbocycles. The molecule has 0 atom stereocenters. The summed E-state index contributed by atoms with van der Waals surface area (Å²) < 4.78 is 1.58. The van der Waals surface area contributed by atoms with Gasteiger partial charge in [0.1, 0.15) is 0 Å². The van der Waals surface area contributed by atoms with Gasteiger partial charge in [-0.2, -0.15) is 4.98 Å². The fourth-order valence-corrected chi connectivity index (χ4v) is 5.62. The summed E-state index contributed by atoms with van der Waals surface area (Å²) >= 11 is 1.28. The monoisotopic (exact) mass is 421 g/mol. The summed E-state index contributed by atoms with van der Waals surface area (Å²) in [6.07, 6.45) is 11.8. The molecule has 1 aromatic heterocycles. The molecule has 0 aromatic carbocycles. The average Bonchev–Trinajstić information content (AvgIpc) is 2.70. The lowest BCUT2D eigenvalue weighted by Crippen LogP contribution is -2.49. The molecule has 2 fully saturated rings. The van der Waals surface area contributed by atoms with Crippen LogP contribution in [0.3, 0.4) is 0 Å². The Morgan fingerprint density at radius 3 is 2.21 bits per heavy atom. The lowest BCUT2D eigenvalue weighted by molar-refractivity contribution is -0.135. The molecule has 162 valence electrons. The second-order valence-corrected chi connectivity index (χ2v) is 9.86. The first-order chi connectivity index (χ1) is 14.0. The standard InChI is InChI=1S/C22H35N3O3S/c1-16(2)14-24-20(27)13-19(26)23-22(24)29-15-21(28)25(17-9-5-3-6-10-17)18-11-7-4-8-12-18/h13,16-18,26H,3-12,14-15H2,1-2H3. The minimum absolute atomic E-state index is 0.155. The highest BCUT2D eigenvalue weighted by Gasteiger charge is 2.32. The van der Waals surface area contributed by atoms with Crippen LogP contribution in [0.15, 0.2) is 16.0 Å². The van der Waals surface area contributed by atoms with Crippen molar-refractivity contribution in [3.8, 4) is 5.88 Å². The van der Waals surface area contributed by atoms with Gasteiger partial charge in [0.05, 0.1) is 11.8 Å². The van der Waals surface area contributed by atoms with E-state index in [9.17, 15) is 14.7 Å². The Labute approximate surface area is 178 Å². The Morgan fingerprint density at radius 1 is 1.14 bits per heavy atom. The van der Waals surface area contributed by atoms with Gasteiger partial charge in [-0.15, -0.1) is 0 Å². The fourth-order valence-electron chi connectivity index (χ4n) is 4.74. The van der Waals surface area contributed by atoms with Crippen LogP contribution >= 0.6 is 11.8 Å². The van der Waals surface area contributed by atoms with Crippen molar-refractivity contribution in [2.24, 2.45) is 5.92 Å². The summed E-state index contributed by atoms with van der Waals surface area (Å²) in [7, 11) is 0. The van der Waals surface area contributed by atoms with Crippen LogP contribution in [0, 0.1) is 5.92 Å². The lowest BCUT2D eigenvalue weighted by atomic mass is 9.88. The maximum atomic E-state index is 13.3. The summed E-state index contributed by atoms with van der Waals surface area (Å²) in [6.45, 7) is 4.59. The summed E-state index contributed by atoms with van der Waals surface area (Å²) in [6, 6.07) is 1.86. The van der Waals surface area contributed by atoms with Crippen molar-refractivity contribution >= 4 is 17.7 Å². The van der Waals surface area contributed by atoms with Gasteiger partial charge in [-0.05, 0) is 31.6 Å². The normalized spacial score (nSPS) is 18.9. The van der Waals surface area contributed by atoms with E-state index >= 15 is 0 Å². The van der Waals surface area contributed by atoms with Gasteiger partial charge in [-0.3, -0.25) is 14.2 Å². The number of carbonyl (C=O) groups excluding carboxylic acids is 1. The van der Waals surface area contributed by atoms with Crippen LogP contribution in [-0.4, -0.2) is 43.3 Å². The van der Waals surface area contributed by atoms with E-state index in [0.717, 1.165) is 31.7 Å². The third-order valence-corrected chi connectivity index (χ3v) is 7.02. The number of aromatic nitrogens is 2. The molecule has 0 spiro atoms. The number of amides is 1. The zero-order chi connectivity index (χ0) is 20.8. The van der Waals surface area contributed by atoms with Gasteiger partial charge in [0, 0.05) is 18.6 Å². The third kappa shape index (κ3) is 6.00. The van der Waals surface area contributed by atoms with E-state index in [0.29, 0.717) is 23.8 Å². The van der Waals surface area contributed by atoms with Gasteiger partial charge in [0.25, 0.3) is 5.56 Å². The van der Waals surface area contributed by atoms with Crippen LogP contribution in [0.4, 0.5) is 0 Å². The summed E-state index contributed by atoms with van der Waals surface area (Å²) in [5.74, 6) is 0.417. The van der Waals surface area contributed by atoms with Crippen LogP contribution < -0.4 is 5.56 Å². The van der Waals surface area contributed by atoms with Crippen molar-refractivity contribution in [2.45, 2.75) is 102 Å². The van der Waals surface area contributed by atoms with Gasteiger partial charge in [-0.25, -0.2) is 0 Å². The largest absolute Gasteiger partial charge is 0.493 e. The second-order valence-electron chi connectivity index (χ2n) is 8.91. The number of nitrogens with zero attached hydrogens (tertiary/aromatic N) is 3. The predicted octanol–water partition coefficient (Wildman–Crippen LogP) is 4.19. The molecular weight excluding hydrogens is 386 g/mol. The average molecular weight is 422 g/mol. The maximum absolute atomic E-state index is 13.3. The first kappa shape index (κ1) is 22.2. The maximum Gasteiger partial charge on any atom is 0.257 e. The highest BCUT2D eigenvalue weighted by molar-refractivity contribution is 7.99. The molecule has 29 heavy (non-hydrogen) atoms. The zero-order valence-corrected chi connectivity index (χ0v) is 18.6. The van der Waals surface area contributed by atoms with Gasteiger partial charge in [0.2, 0.25) is 11.8 Å². The zero-order valence-electron chi connectivity index (χ0n) is 17.8. The summed E-state index contributed by atoms with van der Waals surface area (Å²) in [4.78, 5) is 32.0. The molecule has 0 saturated heterocycles. The topological polar surface area (TPSA) is 75.4 Å². The van der Waals surface area contributed by atoms with Crippen molar-refractivity contribution in [1.29, 1.82) is 0 Å². The van der Waals surface area contributed by atoms with Crippen LogP contribution in [0.25, 0.3) is 0 Å². The third-order valence-electron chi connectivity index (χ3n) is 6.06. The van der Waals surface area contributed by atoms with E-state index in [1.54, 1.807) is 4.57 Å². The van der Waals surface area contributed by atoms with E-state index in [1.807, 2.05) is 13.8 Å². The molecule has 0 unspecified atom stereocenters. The number of hydrogen-bond donors (Lipinski definition) is 1. The number of rotatable bonds is 7. The Hall–Kier alpha value is -1.50. The van der Waals surface area contributed by atoms with Crippen molar-refractivity contribution in [3.63, 3.8) is 0 Å². The van der Waals surface area contributed by atoms with Crippen molar-refractivity contribution in [1.82, 2.24) is 14.5 Å². The number of hydrogen-bond acceptors (Lipinski definition) is 5. The molecule has 1 N–H and O–H groups in total. The molecule has 3 rings (SSSR count). The van der Waals surface area contributed by atoms with Gasteiger partial charge in [0.15, 0.2) is 5.16 Å². The van der Waals surface area contributed by atoms with Gasteiger partial charge < -0.3 is 10.0 Å². The highest BCUT2D eigenvalue weighted by atomic mass is 32.2. The van der Waals surface area contributed by atoms with E-state index in [4.69, 9.17) is 0 Å². The predicted molar refractivity (Wildman–Crippen MR) is 116 cm³/mol. The van der Waals surface area contributed by atoms with Crippen molar-refractivity contribution in [2.75, 3.05) is 5.75 Å². The Kier molecular flexibility index (Phi) is 8.04. The van der Waals surface area contributed by atoms with Crippen LogP contribution in [0.1, 0.15) is 78.1 Å². The molecule has 1 amide bonds. The van der Waals surface area contributed by atoms with E-state index in [2.05, 4.69) is 9.88 Å². The van der Waals surface area contributed by atoms with Crippen LogP contribution in [-0.2, 0) is 11.3 Å². The molecule has 1 aromatic rings. The van der Waals surface area contributed by atoms with Crippen molar-refractivity contribution in [3.05, 3.63) is 16.4 Å². The molecular formula is C22H35N3O3S. The van der Waals surface area contributed by atoms with Crippen molar-refractivity contribution < 1.29 is 9.90 Å². The molecule has 2 saturated carbocycles. The smallest absolute Gasteiger partial charge is 0.257 e. The fraction of sp³-hybridized carbons (Fsp3) is 0.773. The van der Waals surface area contributed by atoms with Crippen LogP contribution in [0.2, 0.25) is 0 Å². The SMILES string of the molecule is CC(C)Cn1c(SCC(=O)N(C2CCCCC2)C2CCCCC2)nc(O)cc1=O. The molecule has 0 aliphatic heterocycles. The van der Waals surface area contributed by atoms with Gasteiger partial charge >= 0.3 is 0 Å². The Morgan fingerprint density at radius 2 is 1.69 bits per heavy atom. The quantitative estimate of drug-likeness (QED) is 0.528. The van der Waals surface area contributed by atoms with Crippen LogP contribution in [0.5, 0.6) is 5.88 Å². The summed E-state index contributed by atoms with van der Waals surface area (Å²) in [5, 5.41) is 10.2. The molecule has 7 heteroatoms. The Bertz CT molecular complexity index is 719. The van der Waals surface area contributed by atoms with E-state index < -0.39 is 0 Å². The second kappa shape index (κ2) is 10.5. The first-order valence-electron chi connectivity index (χ1n) is 11.2. The number of thioether (sulfide) groups is 1. The molecule has 0 bridgehead atoms. The highest BCUT2D eigenvalue weighted by Crippen LogP contribution is 2.31. The molecule has 1 heterocycles. The molecule has 0 radical (unpaired) electrons. The Balaban J connectivity index is 1.75. The minimum Gasteiger partial charge on any atom is -0.493 e. The lowest BCUT2D eigenvalue weighted by Gasteiger charge is -2.41. The van der Waals surface area contributed by atoms with E-state index in [-0.39, 0.29) is 29.0 Å². The van der Waals surface area contributed by atoms with E-state index in [1.165, 1.54) is 50.3 Å². The first-order valence-corrected chi connectivity index (χ1v) is 12.2. The molecule has 6 nitrogen and oxygen atoms in total. The number of aromatic hydroxyl groups is 1. The molecule has 2 aliphatic rings.